The molecule has 3 aromatic rings. The average Bonchev–Trinajstić information content (AvgIpc) is 2.67. The van der Waals surface area contributed by atoms with E-state index in [9.17, 15) is 19.7 Å². The number of benzene rings is 2. The maximum Gasteiger partial charge on any atom is 0.292 e. The third-order valence-electron chi connectivity index (χ3n) is 4.47. The van der Waals surface area contributed by atoms with Crippen molar-refractivity contribution in [2.75, 3.05) is 11.9 Å². The lowest BCUT2D eigenvalue weighted by Gasteiger charge is -2.25. The van der Waals surface area contributed by atoms with E-state index in [0.29, 0.717) is 16.7 Å². The number of aromatic nitrogens is 2. The van der Waals surface area contributed by atoms with Crippen LogP contribution in [0.5, 0.6) is 0 Å². The molecule has 0 spiro atoms. The Hall–Kier alpha value is -3.59. The number of carbonyl (C=O) groups excluding carboxylic acids is 1. The van der Waals surface area contributed by atoms with Crippen LogP contribution in [0.2, 0.25) is 0 Å². The second kappa shape index (κ2) is 8.61. The second-order valence-corrected chi connectivity index (χ2v) is 6.85. The Morgan fingerprint density at radius 3 is 2.62 bits per heavy atom. The van der Waals surface area contributed by atoms with Gasteiger partial charge in [0.1, 0.15) is 11.5 Å². The number of fused-ring (bicyclic) bond motifs is 1. The van der Waals surface area contributed by atoms with Crippen LogP contribution >= 0.6 is 0 Å². The average molecular weight is 395 g/mol. The van der Waals surface area contributed by atoms with Gasteiger partial charge in [-0.2, -0.15) is 0 Å². The van der Waals surface area contributed by atoms with Crippen LogP contribution in [0.1, 0.15) is 19.7 Å². The van der Waals surface area contributed by atoms with Gasteiger partial charge in [0.25, 0.3) is 11.2 Å². The fourth-order valence-electron chi connectivity index (χ4n) is 2.94. The van der Waals surface area contributed by atoms with E-state index in [4.69, 9.17) is 0 Å². The molecule has 0 saturated carbocycles. The van der Waals surface area contributed by atoms with Crippen LogP contribution in [0.15, 0.2) is 53.3 Å². The Labute approximate surface area is 166 Å². The first-order valence-corrected chi connectivity index (χ1v) is 9.10. The Morgan fingerprint density at radius 1 is 1.21 bits per heavy atom. The molecule has 2 N–H and O–H groups in total. The van der Waals surface area contributed by atoms with Gasteiger partial charge in [-0.25, -0.2) is 4.98 Å². The van der Waals surface area contributed by atoms with E-state index in [1.807, 2.05) is 18.7 Å². The smallest absolute Gasteiger partial charge is 0.292 e. The number of nitro groups is 1. The third kappa shape index (κ3) is 4.82. The van der Waals surface area contributed by atoms with Gasteiger partial charge in [-0.05, 0) is 32.0 Å². The van der Waals surface area contributed by atoms with Gasteiger partial charge in [-0.3, -0.25) is 24.6 Å². The van der Waals surface area contributed by atoms with Gasteiger partial charge in [-0.15, -0.1) is 0 Å². The van der Waals surface area contributed by atoms with Crippen molar-refractivity contribution in [3.8, 4) is 0 Å². The molecule has 2 aromatic carbocycles. The zero-order valence-corrected chi connectivity index (χ0v) is 16.1. The van der Waals surface area contributed by atoms with Crippen LogP contribution in [0.3, 0.4) is 0 Å². The van der Waals surface area contributed by atoms with Gasteiger partial charge in [0.15, 0.2) is 0 Å². The lowest BCUT2D eigenvalue weighted by molar-refractivity contribution is -0.383. The second-order valence-electron chi connectivity index (χ2n) is 6.85. The lowest BCUT2D eigenvalue weighted by atomic mass is 10.2. The first-order chi connectivity index (χ1) is 13.8. The van der Waals surface area contributed by atoms with Crippen molar-refractivity contribution in [1.29, 1.82) is 0 Å². The molecule has 0 aliphatic rings. The zero-order chi connectivity index (χ0) is 21.0. The fourth-order valence-corrected chi connectivity index (χ4v) is 2.94. The molecule has 0 aliphatic carbocycles. The Kier molecular flexibility index (Phi) is 5.99. The summed E-state index contributed by atoms with van der Waals surface area (Å²) in [4.78, 5) is 44.4. The van der Waals surface area contributed by atoms with Crippen LogP contribution in [0.25, 0.3) is 10.9 Å². The molecule has 0 unspecified atom stereocenters. The maximum absolute atomic E-state index is 12.5. The standard InChI is InChI=1S/C20H21N5O4/c1-13(2)24(11-18-21-15-8-4-3-7-14(15)20(27)23-18)12-19(26)22-16-9-5-6-10-17(16)25(28)29/h3-10,13H,11-12H2,1-2H3,(H,22,26)(H,21,23,27). The maximum atomic E-state index is 12.5. The van der Waals surface area contributed by atoms with Crippen LogP contribution in [0.4, 0.5) is 11.4 Å². The largest absolute Gasteiger partial charge is 0.319 e. The minimum atomic E-state index is -0.542. The third-order valence-corrected chi connectivity index (χ3v) is 4.47. The lowest BCUT2D eigenvalue weighted by Crippen LogP contribution is -2.38. The summed E-state index contributed by atoms with van der Waals surface area (Å²) in [6, 6.07) is 13.0. The molecule has 3 rings (SSSR count). The summed E-state index contributed by atoms with van der Waals surface area (Å²) in [7, 11) is 0. The van der Waals surface area contributed by atoms with Crippen LogP contribution < -0.4 is 10.9 Å². The van der Waals surface area contributed by atoms with Crippen molar-refractivity contribution in [2.45, 2.75) is 26.4 Å². The summed E-state index contributed by atoms with van der Waals surface area (Å²) in [6.45, 7) is 4.07. The Bertz CT molecular complexity index is 1110. The molecule has 0 atom stereocenters. The number of hydrogen-bond donors (Lipinski definition) is 2. The molecule has 0 radical (unpaired) electrons. The molecule has 9 nitrogen and oxygen atoms in total. The van der Waals surface area contributed by atoms with Gasteiger partial charge < -0.3 is 10.3 Å². The van der Waals surface area contributed by atoms with Gasteiger partial charge in [0.05, 0.1) is 28.9 Å². The van der Waals surface area contributed by atoms with Crippen molar-refractivity contribution in [3.05, 3.63) is 74.8 Å². The highest BCUT2D eigenvalue weighted by Gasteiger charge is 2.19. The summed E-state index contributed by atoms with van der Waals surface area (Å²) < 4.78 is 0. The molecule has 0 saturated heterocycles. The molecule has 0 aliphatic heterocycles. The van der Waals surface area contributed by atoms with Gasteiger partial charge in [0, 0.05) is 12.1 Å². The number of H-pyrrole nitrogens is 1. The number of nitrogens with zero attached hydrogens (tertiary/aromatic N) is 3. The first-order valence-electron chi connectivity index (χ1n) is 9.10. The van der Waals surface area contributed by atoms with Crippen LogP contribution in [0, 0.1) is 10.1 Å². The zero-order valence-electron chi connectivity index (χ0n) is 16.1. The van der Waals surface area contributed by atoms with E-state index < -0.39 is 10.8 Å². The number of rotatable bonds is 7. The predicted octanol–water partition coefficient (Wildman–Crippen LogP) is 2.68. The van der Waals surface area contributed by atoms with Gasteiger partial charge in [0.2, 0.25) is 5.91 Å². The van der Waals surface area contributed by atoms with Crippen LogP contribution in [-0.4, -0.2) is 38.3 Å². The minimum Gasteiger partial charge on any atom is -0.319 e. The van der Waals surface area contributed by atoms with Crippen LogP contribution in [-0.2, 0) is 11.3 Å². The van der Waals surface area contributed by atoms with E-state index in [1.54, 1.807) is 30.3 Å². The number of nitrogens with one attached hydrogen (secondary N) is 2. The van der Waals surface area contributed by atoms with E-state index in [2.05, 4.69) is 15.3 Å². The van der Waals surface area contributed by atoms with E-state index in [1.165, 1.54) is 18.2 Å². The summed E-state index contributed by atoms with van der Waals surface area (Å²) in [5.74, 6) is 0.0528. The predicted molar refractivity (Wildman–Crippen MR) is 110 cm³/mol. The van der Waals surface area contributed by atoms with E-state index in [-0.39, 0.29) is 36.1 Å². The first kappa shape index (κ1) is 20.2. The topological polar surface area (TPSA) is 121 Å². The molecule has 0 fully saturated rings. The SMILES string of the molecule is CC(C)N(CC(=O)Nc1ccccc1[N+](=O)[O-])Cc1nc2ccccc2c(=O)[nH]1. The highest BCUT2D eigenvalue weighted by Crippen LogP contribution is 2.23. The Morgan fingerprint density at radius 2 is 1.90 bits per heavy atom. The molecule has 0 bridgehead atoms. The molecule has 1 amide bonds. The molecular weight excluding hydrogens is 374 g/mol. The molecule has 29 heavy (non-hydrogen) atoms. The summed E-state index contributed by atoms with van der Waals surface area (Å²) in [6.07, 6.45) is 0. The number of nitro benzene ring substituents is 1. The Balaban J connectivity index is 1.76. The number of aromatic amines is 1. The summed E-state index contributed by atoms with van der Waals surface area (Å²) >= 11 is 0. The van der Waals surface area contributed by atoms with E-state index in [0.717, 1.165) is 0 Å². The molecular formula is C20H21N5O4. The van der Waals surface area contributed by atoms with Crippen molar-refractivity contribution in [1.82, 2.24) is 14.9 Å². The van der Waals surface area contributed by atoms with Crippen molar-refractivity contribution < 1.29 is 9.72 Å². The molecule has 1 aromatic heterocycles. The monoisotopic (exact) mass is 395 g/mol. The number of para-hydroxylation sites is 3. The van der Waals surface area contributed by atoms with Gasteiger partial charge in [-0.1, -0.05) is 24.3 Å². The number of hydrogen-bond acceptors (Lipinski definition) is 6. The van der Waals surface area contributed by atoms with Crippen molar-refractivity contribution in [3.63, 3.8) is 0 Å². The fraction of sp³-hybridized carbons (Fsp3) is 0.250. The number of amides is 1. The summed E-state index contributed by atoms with van der Waals surface area (Å²) in [5.41, 5.74) is 0.318. The highest BCUT2D eigenvalue weighted by atomic mass is 16.6. The minimum absolute atomic E-state index is 0.0136. The van der Waals surface area contributed by atoms with Gasteiger partial charge >= 0.3 is 0 Å². The number of anilines is 1. The van der Waals surface area contributed by atoms with Crippen molar-refractivity contribution >= 4 is 28.2 Å². The molecule has 1 heterocycles. The normalized spacial score (nSPS) is 11.2. The summed E-state index contributed by atoms with van der Waals surface area (Å²) in [5, 5.41) is 14.2. The van der Waals surface area contributed by atoms with Crippen molar-refractivity contribution in [2.24, 2.45) is 0 Å². The molecule has 150 valence electrons. The number of carbonyl (C=O) groups is 1. The quantitative estimate of drug-likeness (QED) is 0.469. The molecule has 9 heteroatoms. The highest BCUT2D eigenvalue weighted by molar-refractivity contribution is 5.94. The van der Waals surface area contributed by atoms with E-state index >= 15 is 0 Å².